The van der Waals surface area contributed by atoms with Gasteiger partial charge in [-0.25, -0.2) is 4.39 Å². The maximum atomic E-state index is 12.9. The minimum Gasteiger partial charge on any atom is -0.489 e. The van der Waals surface area contributed by atoms with Crippen molar-refractivity contribution < 1.29 is 13.9 Å². The molecule has 128 valence electrons. The Kier molecular flexibility index (Phi) is 5.86. The average Bonchev–Trinajstić information content (AvgIpc) is 2.92. The van der Waals surface area contributed by atoms with E-state index >= 15 is 0 Å². The molecule has 2 aromatic rings. The molecule has 0 spiro atoms. The maximum absolute atomic E-state index is 12.9. The molecule has 1 heterocycles. The summed E-state index contributed by atoms with van der Waals surface area (Å²) in [5.74, 6) is 0.349. The molecule has 0 aliphatic heterocycles. The van der Waals surface area contributed by atoms with E-state index in [9.17, 15) is 9.18 Å². The highest BCUT2D eigenvalue weighted by Crippen LogP contribution is 2.21. The van der Waals surface area contributed by atoms with Crippen LogP contribution in [0, 0.1) is 5.82 Å². The van der Waals surface area contributed by atoms with Crippen molar-refractivity contribution in [2.75, 3.05) is 0 Å². The van der Waals surface area contributed by atoms with Crippen LogP contribution in [0.3, 0.4) is 0 Å². The summed E-state index contributed by atoms with van der Waals surface area (Å²) >= 11 is 1.44. The summed E-state index contributed by atoms with van der Waals surface area (Å²) in [6.45, 7) is 0.374. The fourth-order valence-electron chi connectivity index (χ4n) is 2.95. The van der Waals surface area contributed by atoms with Gasteiger partial charge in [0.2, 0.25) is 0 Å². The van der Waals surface area contributed by atoms with Gasteiger partial charge in [0.1, 0.15) is 18.2 Å². The number of thiophene rings is 1. The summed E-state index contributed by atoms with van der Waals surface area (Å²) in [6.07, 6.45) is 7.11. The smallest absolute Gasteiger partial charge is 0.261 e. The third-order valence-electron chi connectivity index (χ3n) is 4.29. The quantitative estimate of drug-likeness (QED) is 0.780. The zero-order valence-electron chi connectivity index (χ0n) is 13.6. The van der Waals surface area contributed by atoms with Gasteiger partial charge in [-0.05, 0) is 48.6 Å². The highest BCUT2D eigenvalue weighted by Gasteiger charge is 2.17. The first-order valence-corrected chi connectivity index (χ1v) is 9.35. The van der Waals surface area contributed by atoms with Crippen LogP contribution in [0.15, 0.2) is 35.7 Å². The number of benzene rings is 1. The zero-order valence-corrected chi connectivity index (χ0v) is 14.4. The Labute approximate surface area is 145 Å². The summed E-state index contributed by atoms with van der Waals surface area (Å²) < 4.78 is 18.5. The van der Waals surface area contributed by atoms with Gasteiger partial charge >= 0.3 is 0 Å². The van der Waals surface area contributed by atoms with Crippen LogP contribution in [0.25, 0.3) is 0 Å². The Hall–Kier alpha value is -1.88. The molecular formula is C19H22FNO2S. The van der Waals surface area contributed by atoms with Crippen LogP contribution in [0.1, 0.15) is 53.8 Å². The fraction of sp³-hybridized carbons (Fsp3) is 0.421. The molecule has 24 heavy (non-hydrogen) atoms. The molecule has 1 aliphatic carbocycles. The van der Waals surface area contributed by atoms with Crippen molar-refractivity contribution in [3.05, 3.63) is 52.0 Å². The molecule has 0 saturated heterocycles. The average molecular weight is 347 g/mol. The second-order valence-electron chi connectivity index (χ2n) is 6.22. The van der Waals surface area contributed by atoms with Crippen molar-refractivity contribution in [3.63, 3.8) is 0 Å². The number of rotatable bonds is 5. The predicted molar refractivity (Wildman–Crippen MR) is 94.0 cm³/mol. The van der Waals surface area contributed by atoms with Crippen LogP contribution in [0.2, 0.25) is 0 Å². The monoisotopic (exact) mass is 347 g/mol. The lowest BCUT2D eigenvalue weighted by atomic mass is 10.1. The lowest BCUT2D eigenvalue weighted by Crippen LogP contribution is -2.33. The normalized spacial score (nSPS) is 15.7. The lowest BCUT2D eigenvalue weighted by molar-refractivity contribution is 0.0937. The Bertz CT molecular complexity index is 660. The first kappa shape index (κ1) is 17.0. The lowest BCUT2D eigenvalue weighted by Gasteiger charge is -2.15. The molecule has 3 nitrogen and oxygen atoms in total. The standard InChI is InChI=1S/C19H22FNO2S/c20-15-7-9-17(10-8-15)23-12-14-11-18(24-13-14)19(22)21-16-5-3-1-2-4-6-16/h7-11,13,16H,1-6,12H2,(H,21,22). The van der Waals surface area contributed by atoms with Gasteiger partial charge in [-0.15, -0.1) is 11.3 Å². The molecule has 5 heteroatoms. The number of ether oxygens (including phenoxy) is 1. The molecule has 1 aromatic carbocycles. The van der Waals surface area contributed by atoms with Gasteiger partial charge in [-0.2, -0.15) is 0 Å². The summed E-state index contributed by atoms with van der Waals surface area (Å²) in [5, 5.41) is 5.09. The molecule has 0 atom stereocenters. The van der Waals surface area contributed by atoms with Crippen LogP contribution >= 0.6 is 11.3 Å². The summed E-state index contributed by atoms with van der Waals surface area (Å²) in [4.78, 5) is 13.1. The number of hydrogen-bond acceptors (Lipinski definition) is 3. The summed E-state index contributed by atoms with van der Waals surface area (Å²) in [6, 6.07) is 8.12. The van der Waals surface area contributed by atoms with Crippen LogP contribution in [0.4, 0.5) is 4.39 Å². The molecule has 1 aliphatic rings. The Balaban J connectivity index is 1.52. The van der Waals surface area contributed by atoms with E-state index < -0.39 is 0 Å². The third-order valence-corrected chi connectivity index (χ3v) is 5.26. The molecule has 3 rings (SSSR count). The molecule has 1 fully saturated rings. The molecule has 0 radical (unpaired) electrons. The number of nitrogens with one attached hydrogen (secondary N) is 1. The number of carbonyl (C=O) groups excluding carboxylic acids is 1. The van der Waals surface area contributed by atoms with Crippen LogP contribution in [0.5, 0.6) is 5.75 Å². The summed E-state index contributed by atoms with van der Waals surface area (Å²) in [7, 11) is 0. The zero-order chi connectivity index (χ0) is 16.8. The Morgan fingerprint density at radius 3 is 2.58 bits per heavy atom. The summed E-state index contributed by atoms with van der Waals surface area (Å²) in [5.41, 5.74) is 0.954. The topological polar surface area (TPSA) is 38.3 Å². The molecular weight excluding hydrogens is 325 g/mol. The number of amides is 1. The van der Waals surface area contributed by atoms with E-state index in [-0.39, 0.29) is 11.7 Å². The van der Waals surface area contributed by atoms with Crippen molar-refractivity contribution in [3.8, 4) is 5.75 Å². The SMILES string of the molecule is O=C(NC1CCCCCC1)c1cc(COc2ccc(F)cc2)cs1. The molecule has 0 bridgehead atoms. The highest BCUT2D eigenvalue weighted by atomic mass is 32.1. The third kappa shape index (κ3) is 4.81. The van der Waals surface area contributed by atoms with Gasteiger partial charge in [0.15, 0.2) is 0 Å². The van der Waals surface area contributed by atoms with E-state index in [1.54, 1.807) is 12.1 Å². The van der Waals surface area contributed by atoms with Crippen LogP contribution < -0.4 is 10.1 Å². The molecule has 1 saturated carbocycles. The van der Waals surface area contributed by atoms with Gasteiger partial charge < -0.3 is 10.1 Å². The minimum absolute atomic E-state index is 0.0138. The second-order valence-corrected chi connectivity index (χ2v) is 7.13. The minimum atomic E-state index is -0.282. The van der Waals surface area contributed by atoms with Gasteiger partial charge in [0, 0.05) is 11.6 Å². The second kappa shape index (κ2) is 8.29. The van der Waals surface area contributed by atoms with Gasteiger partial charge in [-0.3, -0.25) is 4.79 Å². The molecule has 1 amide bonds. The Morgan fingerprint density at radius 2 is 1.88 bits per heavy atom. The number of halogens is 1. The molecule has 1 N–H and O–H groups in total. The maximum Gasteiger partial charge on any atom is 0.261 e. The van der Waals surface area contributed by atoms with Crippen molar-refractivity contribution in [2.24, 2.45) is 0 Å². The molecule has 1 aromatic heterocycles. The van der Waals surface area contributed by atoms with Gasteiger partial charge in [0.05, 0.1) is 4.88 Å². The van der Waals surface area contributed by atoms with Crippen molar-refractivity contribution in [2.45, 2.75) is 51.2 Å². The van der Waals surface area contributed by atoms with Crippen LogP contribution in [-0.4, -0.2) is 11.9 Å². The van der Waals surface area contributed by atoms with Crippen molar-refractivity contribution in [1.82, 2.24) is 5.32 Å². The molecule has 0 unspecified atom stereocenters. The first-order chi connectivity index (χ1) is 11.7. The number of carbonyl (C=O) groups is 1. The first-order valence-electron chi connectivity index (χ1n) is 8.47. The van der Waals surface area contributed by atoms with Gasteiger partial charge in [0.25, 0.3) is 5.91 Å². The van der Waals surface area contributed by atoms with E-state index in [4.69, 9.17) is 4.74 Å². The van der Waals surface area contributed by atoms with Crippen molar-refractivity contribution in [1.29, 1.82) is 0 Å². The number of hydrogen-bond donors (Lipinski definition) is 1. The van der Waals surface area contributed by atoms with Crippen molar-refractivity contribution >= 4 is 17.2 Å². The van der Waals surface area contributed by atoms with E-state index in [0.717, 1.165) is 23.3 Å². The van der Waals surface area contributed by atoms with Gasteiger partial charge in [-0.1, -0.05) is 25.7 Å². The van der Waals surface area contributed by atoms with E-state index in [0.29, 0.717) is 18.4 Å². The van der Waals surface area contributed by atoms with Crippen LogP contribution in [-0.2, 0) is 6.61 Å². The van der Waals surface area contributed by atoms with E-state index in [2.05, 4.69) is 5.32 Å². The van der Waals surface area contributed by atoms with E-state index in [1.165, 1.54) is 49.2 Å². The van der Waals surface area contributed by atoms with E-state index in [1.807, 2.05) is 11.4 Å². The predicted octanol–water partition coefficient (Wildman–Crippen LogP) is 4.92. The highest BCUT2D eigenvalue weighted by molar-refractivity contribution is 7.12. The largest absolute Gasteiger partial charge is 0.489 e. The fourth-order valence-corrected chi connectivity index (χ4v) is 3.75. The Morgan fingerprint density at radius 1 is 1.17 bits per heavy atom.